The molecule has 26 heavy (non-hydrogen) atoms. The molecule has 0 atom stereocenters. The summed E-state index contributed by atoms with van der Waals surface area (Å²) in [5, 5.41) is 8.47. The Labute approximate surface area is 153 Å². The van der Waals surface area contributed by atoms with Crippen molar-refractivity contribution in [3.63, 3.8) is 0 Å². The number of fused-ring (bicyclic) bond motifs is 1. The summed E-state index contributed by atoms with van der Waals surface area (Å²) in [6, 6.07) is 7.67. The van der Waals surface area contributed by atoms with E-state index in [0.29, 0.717) is 17.8 Å². The standard InChI is InChI=1S/C19H22N4O2S/c1-3-22-14(2)19(12-21-22)26(24,25)23-13-17(15-8-10-20-11-9-15)16-6-4-5-7-18(16)23/h4-8,12-13,20H,3,9-11H2,1-2H3. The lowest BCUT2D eigenvalue weighted by Crippen LogP contribution is -2.20. The molecule has 136 valence electrons. The maximum atomic E-state index is 13.4. The number of hydrogen-bond acceptors (Lipinski definition) is 4. The summed E-state index contributed by atoms with van der Waals surface area (Å²) < 4.78 is 29.9. The van der Waals surface area contributed by atoms with Gasteiger partial charge < -0.3 is 5.32 Å². The molecule has 3 aromatic rings. The fourth-order valence-electron chi connectivity index (χ4n) is 3.58. The molecule has 0 amide bonds. The molecule has 1 N–H and O–H groups in total. The fourth-order valence-corrected chi connectivity index (χ4v) is 5.11. The second kappa shape index (κ2) is 6.41. The van der Waals surface area contributed by atoms with Gasteiger partial charge in [-0.3, -0.25) is 4.68 Å². The van der Waals surface area contributed by atoms with Gasteiger partial charge in [0.25, 0.3) is 10.0 Å². The minimum Gasteiger partial charge on any atom is -0.313 e. The molecular formula is C19H22N4O2S. The van der Waals surface area contributed by atoms with Gasteiger partial charge in [0, 0.05) is 30.2 Å². The summed E-state index contributed by atoms with van der Waals surface area (Å²) in [7, 11) is -3.71. The van der Waals surface area contributed by atoms with Gasteiger partial charge in [-0.1, -0.05) is 24.3 Å². The van der Waals surface area contributed by atoms with E-state index >= 15 is 0 Å². The second-order valence-electron chi connectivity index (χ2n) is 6.45. The van der Waals surface area contributed by atoms with Crippen LogP contribution in [0, 0.1) is 6.92 Å². The zero-order chi connectivity index (χ0) is 18.3. The average Bonchev–Trinajstić information content (AvgIpc) is 3.24. The van der Waals surface area contributed by atoms with Gasteiger partial charge >= 0.3 is 0 Å². The van der Waals surface area contributed by atoms with Crippen molar-refractivity contribution in [3.8, 4) is 0 Å². The zero-order valence-electron chi connectivity index (χ0n) is 14.9. The summed E-state index contributed by atoms with van der Waals surface area (Å²) in [6.07, 6.45) is 6.25. The summed E-state index contributed by atoms with van der Waals surface area (Å²) in [5.74, 6) is 0. The summed E-state index contributed by atoms with van der Waals surface area (Å²) in [6.45, 7) is 6.10. The van der Waals surface area contributed by atoms with E-state index in [1.807, 2.05) is 31.2 Å². The van der Waals surface area contributed by atoms with E-state index in [0.717, 1.165) is 30.5 Å². The summed E-state index contributed by atoms with van der Waals surface area (Å²) >= 11 is 0. The van der Waals surface area contributed by atoms with Crippen LogP contribution in [0.15, 0.2) is 47.6 Å². The zero-order valence-corrected chi connectivity index (χ0v) is 15.8. The number of aromatic nitrogens is 3. The molecule has 0 radical (unpaired) electrons. The van der Waals surface area contributed by atoms with Crippen molar-refractivity contribution in [2.75, 3.05) is 13.1 Å². The normalized spacial score (nSPS) is 15.4. The molecule has 1 aliphatic rings. The van der Waals surface area contributed by atoms with Crippen LogP contribution in [0.1, 0.15) is 24.6 Å². The van der Waals surface area contributed by atoms with Crippen molar-refractivity contribution in [2.24, 2.45) is 0 Å². The molecule has 0 aliphatic carbocycles. The molecule has 3 heterocycles. The Morgan fingerprint density at radius 1 is 1.27 bits per heavy atom. The fraction of sp³-hybridized carbons (Fsp3) is 0.316. The van der Waals surface area contributed by atoms with Gasteiger partial charge in [-0.25, -0.2) is 12.4 Å². The van der Waals surface area contributed by atoms with Gasteiger partial charge in [0.05, 0.1) is 17.4 Å². The molecule has 6 nitrogen and oxygen atoms in total. The smallest absolute Gasteiger partial charge is 0.271 e. The first-order valence-corrected chi connectivity index (χ1v) is 10.3. The Morgan fingerprint density at radius 2 is 2.08 bits per heavy atom. The van der Waals surface area contributed by atoms with Gasteiger partial charge in [0.1, 0.15) is 4.90 Å². The largest absolute Gasteiger partial charge is 0.313 e. The number of nitrogens with zero attached hydrogens (tertiary/aromatic N) is 3. The van der Waals surface area contributed by atoms with Gasteiger partial charge in [-0.2, -0.15) is 5.10 Å². The lowest BCUT2D eigenvalue weighted by atomic mass is 10.00. The Morgan fingerprint density at radius 3 is 2.77 bits per heavy atom. The Balaban J connectivity index is 1.94. The molecule has 0 bridgehead atoms. The second-order valence-corrected chi connectivity index (χ2v) is 8.24. The minimum atomic E-state index is -3.71. The Hall–Kier alpha value is -2.38. The average molecular weight is 370 g/mol. The number of rotatable bonds is 4. The van der Waals surface area contributed by atoms with Gasteiger partial charge in [-0.05, 0) is 38.5 Å². The Kier molecular flexibility index (Phi) is 4.20. The van der Waals surface area contributed by atoms with E-state index in [2.05, 4.69) is 16.5 Å². The lowest BCUT2D eigenvalue weighted by molar-refractivity contribution is 0.586. The molecule has 1 aromatic carbocycles. The number of nitrogens with one attached hydrogen (secondary N) is 1. The van der Waals surface area contributed by atoms with E-state index in [1.165, 1.54) is 15.7 Å². The van der Waals surface area contributed by atoms with Gasteiger partial charge in [0.2, 0.25) is 0 Å². The van der Waals surface area contributed by atoms with Crippen molar-refractivity contribution in [3.05, 3.63) is 54.0 Å². The highest BCUT2D eigenvalue weighted by atomic mass is 32.2. The molecule has 0 saturated heterocycles. The van der Waals surface area contributed by atoms with Crippen molar-refractivity contribution in [1.82, 2.24) is 19.1 Å². The Bertz CT molecular complexity index is 1110. The van der Waals surface area contributed by atoms with Crippen LogP contribution in [-0.2, 0) is 16.6 Å². The summed E-state index contributed by atoms with van der Waals surface area (Å²) in [5.41, 5.74) is 3.54. The predicted octanol–water partition coefficient (Wildman–Crippen LogP) is 2.78. The van der Waals surface area contributed by atoms with E-state index in [4.69, 9.17) is 0 Å². The van der Waals surface area contributed by atoms with Crippen LogP contribution in [-0.4, -0.2) is 35.3 Å². The molecular weight excluding hydrogens is 348 g/mol. The molecule has 0 saturated carbocycles. The van der Waals surface area contributed by atoms with E-state index in [-0.39, 0.29) is 4.90 Å². The number of benzene rings is 1. The number of hydrogen-bond donors (Lipinski definition) is 1. The minimum absolute atomic E-state index is 0.256. The molecule has 2 aromatic heterocycles. The lowest BCUT2D eigenvalue weighted by Gasteiger charge is -2.13. The first-order valence-electron chi connectivity index (χ1n) is 8.82. The number of aryl methyl sites for hydroxylation is 1. The molecule has 7 heteroatoms. The van der Waals surface area contributed by atoms with Crippen molar-refractivity contribution in [2.45, 2.75) is 31.7 Å². The first kappa shape index (κ1) is 17.1. The van der Waals surface area contributed by atoms with E-state index < -0.39 is 10.0 Å². The van der Waals surface area contributed by atoms with Crippen LogP contribution in [0.25, 0.3) is 16.5 Å². The number of para-hydroxylation sites is 1. The first-order chi connectivity index (χ1) is 12.5. The van der Waals surface area contributed by atoms with Crippen molar-refractivity contribution < 1.29 is 8.42 Å². The third-order valence-corrected chi connectivity index (χ3v) is 6.76. The van der Waals surface area contributed by atoms with Crippen LogP contribution in [0.3, 0.4) is 0 Å². The van der Waals surface area contributed by atoms with Crippen LogP contribution in [0.5, 0.6) is 0 Å². The third-order valence-electron chi connectivity index (χ3n) is 4.98. The quantitative estimate of drug-likeness (QED) is 0.767. The van der Waals surface area contributed by atoms with Crippen molar-refractivity contribution >= 4 is 26.5 Å². The third kappa shape index (κ3) is 2.59. The van der Waals surface area contributed by atoms with Crippen LogP contribution in [0.4, 0.5) is 0 Å². The SMILES string of the molecule is CCn1ncc(S(=O)(=O)n2cc(C3=CCNCC3)c3ccccc32)c1C. The predicted molar refractivity (Wildman–Crippen MR) is 103 cm³/mol. The van der Waals surface area contributed by atoms with Crippen LogP contribution in [0.2, 0.25) is 0 Å². The highest BCUT2D eigenvalue weighted by molar-refractivity contribution is 7.90. The highest BCUT2D eigenvalue weighted by Gasteiger charge is 2.26. The van der Waals surface area contributed by atoms with Gasteiger partial charge in [-0.15, -0.1) is 0 Å². The van der Waals surface area contributed by atoms with Crippen LogP contribution < -0.4 is 5.32 Å². The molecule has 1 aliphatic heterocycles. The molecule has 0 fully saturated rings. The maximum Gasteiger partial charge on any atom is 0.271 e. The monoisotopic (exact) mass is 370 g/mol. The van der Waals surface area contributed by atoms with E-state index in [1.54, 1.807) is 17.8 Å². The maximum absolute atomic E-state index is 13.4. The molecule has 4 rings (SSSR count). The highest BCUT2D eigenvalue weighted by Crippen LogP contribution is 2.32. The van der Waals surface area contributed by atoms with Crippen LogP contribution >= 0.6 is 0 Å². The van der Waals surface area contributed by atoms with E-state index in [9.17, 15) is 8.42 Å². The topological polar surface area (TPSA) is 68.9 Å². The molecule has 0 spiro atoms. The summed E-state index contributed by atoms with van der Waals surface area (Å²) in [4.78, 5) is 0.256. The molecule has 0 unspecified atom stereocenters. The van der Waals surface area contributed by atoms with Crippen molar-refractivity contribution in [1.29, 1.82) is 0 Å². The van der Waals surface area contributed by atoms with Gasteiger partial charge in [0.15, 0.2) is 0 Å².